The minimum absolute atomic E-state index is 0.987. The molecule has 0 fully saturated rings. The van der Waals surface area contributed by atoms with Gasteiger partial charge in [-0.25, -0.2) is 0 Å². The normalized spacial score (nSPS) is 11.1. The van der Waals surface area contributed by atoms with E-state index in [1.807, 2.05) is 60.8 Å². The van der Waals surface area contributed by atoms with E-state index in [0.29, 0.717) is 0 Å². The summed E-state index contributed by atoms with van der Waals surface area (Å²) in [4.78, 5) is 4.80. The van der Waals surface area contributed by atoms with Crippen molar-refractivity contribution in [2.24, 2.45) is 4.99 Å². The summed E-state index contributed by atoms with van der Waals surface area (Å²) >= 11 is 0. The van der Waals surface area contributed by atoms with Gasteiger partial charge in [0.05, 0.1) is 5.71 Å². The lowest BCUT2D eigenvalue weighted by atomic mass is 10.0. The van der Waals surface area contributed by atoms with Crippen LogP contribution < -0.4 is 0 Å². The second-order valence-corrected chi connectivity index (χ2v) is 5.39. The summed E-state index contributed by atoms with van der Waals surface area (Å²) in [5.74, 6) is 0. The van der Waals surface area contributed by atoms with Crippen LogP contribution in [0.4, 0.5) is 0 Å². The first-order valence-corrected chi connectivity index (χ1v) is 7.75. The number of aliphatic imine (C=N–C) groups is 1. The fourth-order valence-corrected chi connectivity index (χ4v) is 2.44. The van der Waals surface area contributed by atoms with Gasteiger partial charge >= 0.3 is 0 Å². The highest BCUT2D eigenvalue weighted by atomic mass is 14.7. The monoisotopic (exact) mass is 297 g/mol. The number of benzene rings is 3. The van der Waals surface area contributed by atoms with Crippen LogP contribution in [-0.4, -0.2) is 5.71 Å². The fraction of sp³-hybridized carbons (Fsp3) is 0.0455. The molecule has 0 saturated carbocycles. The SMILES string of the molecule is CC(=CN=C(c1ccccc1)c1ccccc1)c1ccccc1. The second-order valence-electron chi connectivity index (χ2n) is 5.39. The molecule has 1 nitrogen and oxygen atoms in total. The van der Waals surface area contributed by atoms with E-state index in [2.05, 4.69) is 43.3 Å². The molecule has 112 valence electrons. The molecule has 0 radical (unpaired) electrons. The van der Waals surface area contributed by atoms with E-state index in [1.165, 1.54) is 5.56 Å². The largest absolute Gasteiger partial charge is 0.255 e. The molecule has 0 amide bonds. The smallest absolute Gasteiger partial charge is 0.0774 e. The zero-order valence-corrected chi connectivity index (χ0v) is 13.2. The Morgan fingerprint density at radius 3 is 1.43 bits per heavy atom. The molecule has 0 aliphatic rings. The first-order valence-electron chi connectivity index (χ1n) is 7.75. The maximum absolute atomic E-state index is 4.80. The number of hydrogen-bond donors (Lipinski definition) is 0. The first-order chi connectivity index (χ1) is 11.3. The number of allylic oxidation sites excluding steroid dienone is 1. The molecule has 0 unspecified atom stereocenters. The van der Waals surface area contributed by atoms with Gasteiger partial charge in [0.2, 0.25) is 0 Å². The molecule has 3 rings (SSSR count). The molecule has 23 heavy (non-hydrogen) atoms. The average molecular weight is 297 g/mol. The highest BCUT2D eigenvalue weighted by molar-refractivity contribution is 6.13. The average Bonchev–Trinajstić information content (AvgIpc) is 2.64. The van der Waals surface area contributed by atoms with Crippen molar-refractivity contribution in [2.45, 2.75) is 6.92 Å². The quantitative estimate of drug-likeness (QED) is 0.557. The van der Waals surface area contributed by atoms with Crippen LogP contribution in [0.15, 0.2) is 102 Å². The molecule has 0 atom stereocenters. The maximum atomic E-state index is 4.80. The number of rotatable bonds is 4. The van der Waals surface area contributed by atoms with Crippen LogP contribution in [0.1, 0.15) is 23.6 Å². The van der Waals surface area contributed by atoms with E-state index in [1.54, 1.807) is 0 Å². The summed E-state index contributed by atoms with van der Waals surface area (Å²) in [6, 6.07) is 30.9. The lowest BCUT2D eigenvalue weighted by Gasteiger charge is -2.07. The standard InChI is InChI=1S/C22H19N/c1-18(19-11-5-2-6-12-19)17-23-22(20-13-7-3-8-14-20)21-15-9-4-10-16-21/h2-17H,1H3. The minimum atomic E-state index is 0.987. The third kappa shape index (κ3) is 3.83. The van der Waals surface area contributed by atoms with Crippen LogP contribution in [0.3, 0.4) is 0 Å². The van der Waals surface area contributed by atoms with Gasteiger partial charge in [0.1, 0.15) is 0 Å². The summed E-state index contributed by atoms with van der Waals surface area (Å²) in [6.45, 7) is 2.09. The van der Waals surface area contributed by atoms with Crippen LogP contribution in [0, 0.1) is 0 Å². The van der Waals surface area contributed by atoms with Crippen molar-refractivity contribution in [1.82, 2.24) is 0 Å². The molecule has 0 spiro atoms. The van der Waals surface area contributed by atoms with Crippen molar-refractivity contribution >= 4 is 11.3 Å². The van der Waals surface area contributed by atoms with Crippen LogP contribution in [0.2, 0.25) is 0 Å². The Balaban J connectivity index is 2.02. The van der Waals surface area contributed by atoms with E-state index < -0.39 is 0 Å². The van der Waals surface area contributed by atoms with Crippen molar-refractivity contribution in [2.75, 3.05) is 0 Å². The molecule has 0 bridgehead atoms. The summed E-state index contributed by atoms with van der Waals surface area (Å²) in [6.07, 6.45) is 1.95. The third-order valence-corrected chi connectivity index (χ3v) is 3.71. The van der Waals surface area contributed by atoms with Gasteiger partial charge in [-0.2, -0.15) is 0 Å². The predicted octanol–water partition coefficient (Wildman–Crippen LogP) is 5.59. The van der Waals surface area contributed by atoms with E-state index in [0.717, 1.165) is 22.4 Å². The van der Waals surface area contributed by atoms with Gasteiger partial charge in [0, 0.05) is 17.3 Å². The minimum Gasteiger partial charge on any atom is -0.255 e. The van der Waals surface area contributed by atoms with Gasteiger partial charge in [-0.15, -0.1) is 0 Å². The maximum Gasteiger partial charge on any atom is 0.0774 e. The molecular formula is C22H19N. The molecular weight excluding hydrogens is 278 g/mol. The van der Waals surface area contributed by atoms with Crippen LogP contribution in [0.25, 0.3) is 5.57 Å². The molecule has 0 N–H and O–H groups in total. The lowest BCUT2D eigenvalue weighted by molar-refractivity contribution is 1.46. The topological polar surface area (TPSA) is 12.4 Å². The zero-order chi connectivity index (χ0) is 15.9. The number of hydrogen-bond acceptors (Lipinski definition) is 1. The predicted molar refractivity (Wildman–Crippen MR) is 98.6 cm³/mol. The Morgan fingerprint density at radius 2 is 1.00 bits per heavy atom. The summed E-state index contributed by atoms with van der Waals surface area (Å²) in [5, 5.41) is 0. The highest BCUT2D eigenvalue weighted by Crippen LogP contribution is 2.15. The van der Waals surface area contributed by atoms with Gasteiger partial charge in [-0.05, 0) is 18.1 Å². The van der Waals surface area contributed by atoms with Crippen LogP contribution in [-0.2, 0) is 0 Å². The van der Waals surface area contributed by atoms with Crippen LogP contribution >= 0.6 is 0 Å². The van der Waals surface area contributed by atoms with Crippen LogP contribution in [0.5, 0.6) is 0 Å². The van der Waals surface area contributed by atoms with E-state index in [4.69, 9.17) is 4.99 Å². The van der Waals surface area contributed by atoms with Gasteiger partial charge in [0.15, 0.2) is 0 Å². The van der Waals surface area contributed by atoms with Gasteiger partial charge in [-0.3, -0.25) is 4.99 Å². The second kappa shape index (κ2) is 7.37. The molecule has 0 aromatic heterocycles. The van der Waals surface area contributed by atoms with Crippen molar-refractivity contribution in [3.63, 3.8) is 0 Å². The molecule has 3 aromatic rings. The van der Waals surface area contributed by atoms with Gasteiger partial charge in [-0.1, -0.05) is 91.0 Å². The Hall–Kier alpha value is -2.93. The highest BCUT2D eigenvalue weighted by Gasteiger charge is 2.05. The van der Waals surface area contributed by atoms with Crippen molar-refractivity contribution in [1.29, 1.82) is 0 Å². The Labute approximate surface area is 137 Å². The van der Waals surface area contributed by atoms with E-state index in [9.17, 15) is 0 Å². The summed E-state index contributed by atoms with van der Waals surface area (Å²) < 4.78 is 0. The fourth-order valence-electron chi connectivity index (χ4n) is 2.44. The Morgan fingerprint density at radius 1 is 0.609 bits per heavy atom. The van der Waals surface area contributed by atoms with Crippen molar-refractivity contribution in [3.8, 4) is 0 Å². The molecule has 0 aliphatic heterocycles. The van der Waals surface area contributed by atoms with Crippen molar-refractivity contribution < 1.29 is 0 Å². The van der Waals surface area contributed by atoms with Gasteiger partial charge in [0.25, 0.3) is 0 Å². The van der Waals surface area contributed by atoms with Gasteiger partial charge < -0.3 is 0 Å². The third-order valence-electron chi connectivity index (χ3n) is 3.71. The number of nitrogens with zero attached hydrogens (tertiary/aromatic N) is 1. The lowest BCUT2D eigenvalue weighted by Crippen LogP contribution is -2.02. The Bertz CT molecular complexity index is 759. The molecule has 0 heterocycles. The first kappa shape index (κ1) is 15.0. The summed E-state index contributed by atoms with van der Waals surface area (Å²) in [5.41, 5.74) is 5.57. The van der Waals surface area contributed by atoms with Crippen molar-refractivity contribution in [3.05, 3.63) is 114 Å². The summed E-state index contributed by atoms with van der Waals surface area (Å²) in [7, 11) is 0. The van der Waals surface area contributed by atoms with E-state index in [-0.39, 0.29) is 0 Å². The zero-order valence-electron chi connectivity index (χ0n) is 13.2. The van der Waals surface area contributed by atoms with E-state index >= 15 is 0 Å². The molecule has 0 aliphatic carbocycles. The molecule has 1 heteroatoms. The Kier molecular flexibility index (Phi) is 4.80. The molecule has 0 saturated heterocycles. The molecule has 3 aromatic carbocycles.